The molecule has 0 saturated carbocycles. The second-order valence-corrected chi connectivity index (χ2v) is 5.15. The van der Waals surface area contributed by atoms with E-state index in [1.165, 1.54) is 5.56 Å². The maximum absolute atomic E-state index is 10.7. The van der Waals surface area contributed by atoms with Gasteiger partial charge in [-0.1, -0.05) is 50.6 Å². The van der Waals surface area contributed by atoms with Crippen LogP contribution in [0.25, 0.3) is 0 Å². The topological polar surface area (TPSA) is 38.1 Å². The van der Waals surface area contributed by atoms with E-state index in [2.05, 4.69) is 31.1 Å². The Morgan fingerprint density at radius 2 is 1.89 bits per heavy atom. The van der Waals surface area contributed by atoms with Gasteiger partial charge in [0.2, 0.25) is 0 Å². The Morgan fingerprint density at radius 3 is 2.42 bits per heavy atom. The number of aromatic nitrogens is 2. The zero-order chi connectivity index (χ0) is 13.8. The summed E-state index contributed by atoms with van der Waals surface area (Å²) in [5.74, 6) is 0.508. The normalized spacial score (nSPS) is 16.0. The van der Waals surface area contributed by atoms with Crippen molar-refractivity contribution in [1.29, 1.82) is 0 Å². The van der Waals surface area contributed by atoms with E-state index in [0.29, 0.717) is 5.92 Å². The predicted molar refractivity (Wildman–Crippen MR) is 76.8 cm³/mol. The van der Waals surface area contributed by atoms with Crippen LogP contribution >= 0.6 is 0 Å². The Bertz CT molecular complexity index is 506. The number of benzene rings is 1. The van der Waals surface area contributed by atoms with Gasteiger partial charge in [-0.3, -0.25) is 4.68 Å². The van der Waals surface area contributed by atoms with Crippen molar-refractivity contribution in [2.75, 3.05) is 0 Å². The van der Waals surface area contributed by atoms with Gasteiger partial charge in [0.25, 0.3) is 0 Å². The number of hydrogen-bond donors (Lipinski definition) is 1. The molecular weight excluding hydrogens is 236 g/mol. The van der Waals surface area contributed by atoms with Crippen LogP contribution in [0.3, 0.4) is 0 Å². The van der Waals surface area contributed by atoms with Crippen molar-refractivity contribution >= 4 is 0 Å². The van der Waals surface area contributed by atoms with Crippen LogP contribution in [-0.2, 0) is 7.05 Å². The fraction of sp³-hybridized carbons (Fsp3) is 0.438. The lowest BCUT2D eigenvalue weighted by atomic mass is 9.80. The highest BCUT2D eigenvalue weighted by atomic mass is 16.3. The van der Waals surface area contributed by atoms with Gasteiger partial charge in [-0.05, 0) is 17.5 Å². The zero-order valence-electron chi connectivity index (χ0n) is 11.8. The SMILES string of the molecule is CCC(C)C(c1ccccc1)C(O)c1ccnn1C. The van der Waals surface area contributed by atoms with Gasteiger partial charge >= 0.3 is 0 Å². The van der Waals surface area contributed by atoms with E-state index in [1.54, 1.807) is 10.9 Å². The van der Waals surface area contributed by atoms with Gasteiger partial charge in [-0.15, -0.1) is 0 Å². The van der Waals surface area contributed by atoms with Crippen LogP contribution in [0.1, 0.15) is 43.5 Å². The van der Waals surface area contributed by atoms with E-state index >= 15 is 0 Å². The number of nitrogens with zero attached hydrogens (tertiary/aromatic N) is 2. The largest absolute Gasteiger partial charge is 0.386 e. The lowest BCUT2D eigenvalue weighted by Crippen LogP contribution is -2.20. The summed E-state index contributed by atoms with van der Waals surface area (Å²) < 4.78 is 1.75. The summed E-state index contributed by atoms with van der Waals surface area (Å²) in [6.45, 7) is 4.35. The first-order valence-electron chi connectivity index (χ1n) is 6.86. The highest BCUT2D eigenvalue weighted by Crippen LogP contribution is 2.37. The van der Waals surface area contributed by atoms with Crippen molar-refractivity contribution in [3.63, 3.8) is 0 Å². The van der Waals surface area contributed by atoms with Crippen LogP contribution in [0.5, 0.6) is 0 Å². The summed E-state index contributed by atoms with van der Waals surface area (Å²) >= 11 is 0. The van der Waals surface area contributed by atoms with Gasteiger partial charge in [-0.2, -0.15) is 5.10 Å². The fourth-order valence-electron chi connectivity index (χ4n) is 2.61. The first kappa shape index (κ1) is 13.8. The van der Waals surface area contributed by atoms with E-state index in [4.69, 9.17) is 0 Å². The second kappa shape index (κ2) is 6.02. The molecule has 0 radical (unpaired) electrons. The number of hydrogen-bond acceptors (Lipinski definition) is 2. The average Bonchev–Trinajstić information content (AvgIpc) is 2.86. The van der Waals surface area contributed by atoms with E-state index in [-0.39, 0.29) is 5.92 Å². The molecule has 1 aromatic carbocycles. The Balaban J connectivity index is 2.36. The lowest BCUT2D eigenvalue weighted by molar-refractivity contribution is 0.110. The Labute approximate surface area is 114 Å². The van der Waals surface area contributed by atoms with Crippen LogP contribution in [0.15, 0.2) is 42.6 Å². The first-order chi connectivity index (χ1) is 9.15. The first-order valence-corrected chi connectivity index (χ1v) is 6.86. The molecule has 0 fully saturated rings. The zero-order valence-corrected chi connectivity index (χ0v) is 11.8. The number of aryl methyl sites for hydroxylation is 1. The summed E-state index contributed by atoms with van der Waals surface area (Å²) in [5.41, 5.74) is 2.06. The lowest BCUT2D eigenvalue weighted by Gasteiger charge is -2.28. The molecule has 3 unspecified atom stereocenters. The van der Waals surface area contributed by atoms with Crippen molar-refractivity contribution in [2.24, 2.45) is 13.0 Å². The minimum Gasteiger partial charge on any atom is -0.386 e. The molecule has 0 bridgehead atoms. The second-order valence-electron chi connectivity index (χ2n) is 5.15. The Hall–Kier alpha value is -1.61. The molecular formula is C16H22N2O. The maximum atomic E-state index is 10.7. The molecule has 0 aliphatic rings. The average molecular weight is 258 g/mol. The van der Waals surface area contributed by atoms with Crippen LogP contribution in [-0.4, -0.2) is 14.9 Å². The van der Waals surface area contributed by atoms with Crippen LogP contribution in [0.4, 0.5) is 0 Å². The predicted octanol–water partition coefficient (Wildman–Crippen LogP) is 3.28. The summed E-state index contributed by atoms with van der Waals surface area (Å²) in [5, 5.41) is 14.9. The van der Waals surface area contributed by atoms with Crippen molar-refractivity contribution in [2.45, 2.75) is 32.3 Å². The van der Waals surface area contributed by atoms with Crippen LogP contribution < -0.4 is 0 Å². The highest BCUT2D eigenvalue weighted by Gasteiger charge is 2.28. The monoisotopic (exact) mass is 258 g/mol. The molecule has 102 valence electrons. The third-order valence-electron chi connectivity index (χ3n) is 3.94. The van der Waals surface area contributed by atoms with Crippen molar-refractivity contribution < 1.29 is 5.11 Å². The van der Waals surface area contributed by atoms with Crippen molar-refractivity contribution in [1.82, 2.24) is 9.78 Å². The number of rotatable bonds is 5. The molecule has 2 aromatic rings. The van der Waals surface area contributed by atoms with Crippen LogP contribution in [0, 0.1) is 5.92 Å². The van der Waals surface area contributed by atoms with Gasteiger partial charge in [0.1, 0.15) is 6.10 Å². The molecule has 3 heteroatoms. The van der Waals surface area contributed by atoms with Gasteiger partial charge in [0.15, 0.2) is 0 Å². The molecule has 1 N–H and O–H groups in total. The van der Waals surface area contributed by atoms with E-state index in [9.17, 15) is 5.11 Å². The third kappa shape index (κ3) is 2.87. The van der Waals surface area contributed by atoms with Gasteiger partial charge in [0.05, 0.1) is 5.69 Å². The third-order valence-corrected chi connectivity index (χ3v) is 3.94. The molecule has 1 aromatic heterocycles. The van der Waals surface area contributed by atoms with Crippen LogP contribution in [0.2, 0.25) is 0 Å². The smallest absolute Gasteiger partial charge is 0.103 e. The molecule has 0 aliphatic carbocycles. The standard InChI is InChI=1S/C16H22N2O/c1-4-12(2)15(13-8-6-5-7-9-13)16(19)14-10-11-17-18(14)3/h5-12,15-16,19H,4H2,1-3H3. The molecule has 3 atom stereocenters. The molecule has 0 amide bonds. The van der Waals surface area contributed by atoms with Crippen molar-refractivity contribution in [3.05, 3.63) is 53.9 Å². The molecule has 0 aliphatic heterocycles. The Morgan fingerprint density at radius 1 is 1.21 bits per heavy atom. The minimum absolute atomic E-state index is 0.0987. The quantitative estimate of drug-likeness (QED) is 0.893. The van der Waals surface area contributed by atoms with Gasteiger partial charge < -0.3 is 5.11 Å². The summed E-state index contributed by atoms with van der Waals surface area (Å²) in [6.07, 6.45) is 2.25. The molecule has 19 heavy (non-hydrogen) atoms. The van der Waals surface area contributed by atoms with E-state index in [1.807, 2.05) is 31.3 Å². The van der Waals surface area contributed by atoms with Gasteiger partial charge in [0, 0.05) is 19.2 Å². The number of aliphatic hydroxyl groups is 1. The molecule has 3 nitrogen and oxygen atoms in total. The van der Waals surface area contributed by atoms with E-state index in [0.717, 1.165) is 12.1 Å². The summed E-state index contributed by atoms with van der Waals surface area (Å²) in [6, 6.07) is 12.1. The Kier molecular flexibility index (Phi) is 4.38. The van der Waals surface area contributed by atoms with Crippen molar-refractivity contribution in [3.8, 4) is 0 Å². The molecule has 0 saturated heterocycles. The fourth-order valence-corrected chi connectivity index (χ4v) is 2.61. The molecule has 0 spiro atoms. The molecule has 1 heterocycles. The molecule has 2 rings (SSSR count). The summed E-state index contributed by atoms with van der Waals surface area (Å²) in [7, 11) is 1.87. The van der Waals surface area contributed by atoms with E-state index < -0.39 is 6.10 Å². The maximum Gasteiger partial charge on any atom is 0.103 e. The highest BCUT2D eigenvalue weighted by molar-refractivity contribution is 5.24. The van der Waals surface area contributed by atoms with Gasteiger partial charge in [-0.25, -0.2) is 0 Å². The summed E-state index contributed by atoms with van der Waals surface area (Å²) in [4.78, 5) is 0. The minimum atomic E-state index is -0.523. The number of aliphatic hydroxyl groups excluding tert-OH is 1.